The lowest BCUT2D eigenvalue weighted by Crippen LogP contribution is -2.59. The Kier molecular flexibility index (Phi) is 15.1. The molecule has 2 spiro atoms. The average molecular weight is 816 g/mol. The lowest BCUT2D eigenvalue weighted by atomic mass is 9.72. The number of piperidine rings is 1. The summed E-state index contributed by atoms with van der Waals surface area (Å²) in [7, 11) is 3.76. The van der Waals surface area contributed by atoms with Gasteiger partial charge in [-0.25, -0.2) is 0 Å². The number of rotatable bonds is 3. The maximum absolute atomic E-state index is 12.7. The molecule has 1 aromatic rings. The number of aliphatic hydroxyl groups is 3. The van der Waals surface area contributed by atoms with Gasteiger partial charge in [-0.1, -0.05) is 59.1 Å². The number of nitrogens with zero attached hydrogens (tertiary/aromatic N) is 1. The summed E-state index contributed by atoms with van der Waals surface area (Å²) in [6.07, 6.45) is 8.11. The van der Waals surface area contributed by atoms with Gasteiger partial charge in [-0.2, -0.15) is 0 Å². The third-order valence-corrected chi connectivity index (χ3v) is 15.5. The van der Waals surface area contributed by atoms with Crippen LogP contribution >= 0.6 is 21.6 Å². The highest BCUT2D eigenvalue weighted by molar-refractivity contribution is 8.76. The van der Waals surface area contributed by atoms with E-state index in [0.717, 1.165) is 88.1 Å². The number of benzene rings is 1. The summed E-state index contributed by atoms with van der Waals surface area (Å²) < 4.78 is 12.7. The van der Waals surface area contributed by atoms with Crippen LogP contribution in [0.2, 0.25) is 0 Å². The predicted molar refractivity (Wildman–Crippen MR) is 223 cm³/mol. The third-order valence-electron chi connectivity index (χ3n) is 13.0. The third kappa shape index (κ3) is 11.0. The highest BCUT2D eigenvalue weighted by atomic mass is 33.1. The Morgan fingerprint density at radius 1 is 1.11 bits per heavy atom. The summed E-state index contributed by atoms with van der Waals surface area (Å²) >= 11 is 0. The molecule has 1 aromatic carbocycles. The molecule has 2 fully saturated rings. The van der Waals surface area contributed by atoms with Crippen molar-refractivity contribution in [1.29, 1.82) is 0 Å². The van der Waals surface area contributed by atoms with Crippen LogP contribution < -0.4 is 26.4 Å². The zero-order valence-electron chi connectivity index (χ0n) is 33.3. The van der Waals surface area contributed by atoms with Gasteiger partial charge in [0.1, 0.15) is 12.2 Å². The number of carbonyl (C=O) groups is 1. The number of ether oxygens (including phenoxy) is 2. The Morgan fingerprint density at radius 3 is 2.68 bits per heavy atom. The number of phenols is 1. The Hall–Kier alpha value is -2.38. The number of guanidine groups is 1. The summed E-state index contributed by atoms with van der Waals surface area (Å²) in [6, 6.07) is 3.40. The Bertz CT molecular complexity index is 1580. The molecule has 56 heavy (non-hydrogen) atoms. The molecule has 5 aliphatic rings. The molecule has 1 saturated carbocycles. The van der Waals surface area contributed by atoms with Crippen LogP contribution in [0, 0.1) is 29.1 Å². The van der Waals surface area contributed by atoms with E-state index < -0.39 is 29.7 Å². The second-order valence-corrected chi connectivity index (χ2v) is 19.7. The van der Waals surface area contributed by atoms with Crippen LogP contribution in [0.4, 0.5) is 0 Å². The van der Waals surface area contributed by atoms with Gasteiger partial charge in [0.25, 0.3) is 0 Å². The molecule has 9 N–H and O–H groups in total. The van der Waals surface area contributed by atoms with Crippen molar-refractivity contribution in [2.75, 3.05) is 37.7 Å². The summed E-state index contributed by atoms with van der Waals surface area (Å²) in [6.45, 7) is 5.39. The van der Waals surface area contributed by atoms with E-state index in [-0.39, 0.29) is 54.3 Å². The summed E-state index contributed by atoms with van der Waals surface area (Å²) in [5, 5.41) is 56.2. The molecule has 14 heteroatoms. The fourth-order valence-corrected chi connectivity index (χ4v) is 12.2. The molecule has 3 aliphatic heterocycles. The van der Waals surface area contributed by atoms with Gasteiger partial charge in [0.15, 0.2) is 17.5 Å². The highest BCUT2D eigenvalue weighted by Gasteiger charge is 2.42. The van der Waals surface area contributed by atoms with E-state index in [9.17, 15) is 25.2 Å². The topological polar surface area (TPSA) is 191 Å². The minimum atomic E-state index is -0.989. The molecular formula is C42H65N5O7S2. The number of hydrogen-bond donors (Lipinski definition) is 8. The summed E-state index contributed by atoms with van der Waals surface area (Å²) in [5.74, 6) is 8.63. The van der Waals surface area contributed by atoms with Crippen molar-refractivity contribution >= 4 is 33.5 Å². The SMILES string of the molecule is CC(=O)O[C@H]1C[C@@H](O)CC[C@]2([C@H](C)O)C#C[C@@H]3CCC[C@@]4(CNCCSSCC5(CCCCC5)NC(N)=NC2)C[C@H](CCN4)Oc2cc(c(CO)cc2O)C[C@@H]31. The zero-order valence-corrected chi connectivity index (χ0v) is 35.0. The molecule has 6 rings (SSSR count). The molecule has 2 aliphatic carbocycles. The van der Waals surface area contributed by atoms with E-state index in [4.69, 9.17) is 20.2 Å². The number of aliphatic hydroxyl groups excluding tert-OH is 3. The van der Waals surface area contributed by atoms with Crippen LogP contribution in [0.3, 0.4) is 0 Å². The number of fused-ring (bicyclic) bond motifs is 6. The van der Waals surface area contributed by atoms with Gasteiger partial charge >= 0.3 is 5.97 Å². The molecule has 0 radical (unpaired) electrons. The first-order chi connectivity index (χ1) is 26.9. The normalized spacial score (nSPS) is 33.9. The first-order valence-electron chi connectivity index (χ1n) is 20.9. The van der Waals surface area contributed by atoms with Crippen molar-refractivity contribution in [3.63, 3.8) is 0 Å². The molecule has 6 bridgehead atoms. The van der Waals surface area contributed by atoms with Crippen LogP contribution in [0.5, 0.6) is 11.5 Å². The van der Waals surface area contributed by atoms with Gasteiger partial charge in [0, 0.05) is 67.3 Å². The number of esters is 1. The summed E-state index contributed by atoms with van der Waals surface area (Å²) in [4.78, 5) is 17.6. The van der Waals surface area contributed by atoms with E-state index in [1.807, 2.05) is 27.7 Å². The van der Waals surface area contributed by atoms with Crippen LogP contribution in [-0.4, -0.2) is 106 Å². The molecule has 0 amide bonds. The minimum absolute atomic E-state index is 0.0258. The first kappa shape index (κ1) is 43.2. The van der Waals surface area contributed by atoms with Crippen molar-refractivity contribution < 1.29 is 34.7 Å². The van der Waals surface area contributed by atoms with E-state index in [0.29, 0.717) is 43.0 Å². The monoisotopic (exact) mass is 815 g/mol. The number of hydrogen-bond acceptors (Lipinski definition) is 14. The van der Waals surface area contributed by atoms with Crippen molar-refractivity contribution in [3.8, 4) is 23.3 Å². The smallest absolute Gasteiger partial charge is 0.302 e. The lowest BCUT2D eigenvalue weighted by Gasteiger charge is -2.43. The largest absolute Gasteiger partial charge is 0.504 e. The van der Waals surface area contributed by atoms with Gasteiger partial charge in [-0.15, -0.1) is 0 Å². The van der Waals surface area contributed by atoms with Gasteiger partial charge in [-0.3, -0.25) is 9.79 Å². The quantitative estimate of drug-likeness (QED) is 0.124. The van der Waals surface area contributed by atoms with Crippen molar-refractivity contribution in [3.05, 3.63) is 23.3 Å². The van der Waals surface area contributed by atoms with Gasteiger partial charge in [-0.05, 0) is 88.1 Å². The molecule has 1 saturated heterocycles. The Balaban J connectivity index is 1.48. The number of nitrogens with two attached hydrogens (primary N) is 1. The van der Waals surface area contributed by atoms with Gasteiger partial charge in [0.2, 0.25) is 0 Å². The lowest BCUT2D eigenvalue weighted by molar-refractivity contribution is -0.152. The van der Waals surface area contributed by atoms with Crippen molar-refractivity contribution in [2.45, 2.75) is 146 Å². The van der Waals surface area contributed by atoms with E-state index in [2.05, 4.69) is 27.8 Å². The molecule has 8 atom stereocenters. The Morgan fingerprint density at radius 2 is 1.91 bits per heavy atom. The zero-order chi connectivity index (χ0) is 39.8. The van der Waals surface area contributed by atoms with Crippen molar-refractivity contribution in [1.82, 2.24) is 16.0 Å². The predicted octanol–water partition coefficient (Wildman–Crippen LogP) is 4.15. The Labute approximate surface area is 341 Å². The average Bonchev–Trinajstić information content (AvgIpc) is 3.16. The van der Waals surface area contributed by atoms with Crippen LogP contribution in [0.1, 0.15) is 108 Å². The van der Waals surface area contributed by atoms with Crippen LogP contribution in [0.15, 0.2) is 17.1 Å². The highest BCUT2D eigenvalue weighted by Crippen LogP contribution is 2.41. The number of phenolic OH excluding ortho intramolecular Hbond substituents is 1. The molecule has 312 valence electrons. The number of carbonyl (C=O) groups excluding carboxylic acids is 1. The number of aliphatic imine (C=N–C) groups is 1. The fraction of sp³-hybridized carbons (Fsp3) is 0.762. The second kappa shape index (κ2) is 19.6. The first-order valence-corrected chi connectivity index (χ1v) is 23.4. The molecule has 0 aromatic heterocycles. The van der Waals surface area contributed by atoms with E-state index in [1.54, 1.807) is 13.0 Å². The van der Waals surface area contributed by atoms with Gasteiger partial charge < -0.3 is 51.6 Å². The summed E-state index contributed by atoms with van der Waals surface area (Å²) in [5.41, 5.74) is 6.60. The van der Waals surface area contributed by atoms with E-state index in [1.165, 1.54) is 13.3 Å². The number of nitrogens with one attached hydrogen (secondary N) is 3. The number of aromatic hydroxyl groups is 1. The van der Waals surface area contributed by atoms with E-state index >= 15 is 0 Å². The molecule has 12 nitrogen and oxygen atoms in total. The molecule has 3 heterocycles. The maximum Gasteiger partial charge on any atom is 0.302 e. The molecular weight excluding hydrogens is 751 g/mol. The maximum atomic E-state index is 12.7. The fourth-order valence-electron chi connectivity index (χ4n) is 9.65. The van der Waals surface area contributed by atoms with Crippen molar-refractivity contribution in [2.24, 2.45) is 28.0 Å². The van der Waals surface area contributed by atoms with Crippen LogP contribution in [0.25, 0.3) is 0 Å². The van der Waals surface area contributed by atoms with Gasteiger partial charge in [0.05, 0.1) is 30.8 Å². The standard InChI is InChI=1S/C42H65N5O7S2/c1-28(49)40-14-8-30-7-6-13-42(26-44-17-18-55-56-27-41(11-4-3-5-12-41)47-39(43)45-25-40)23-34(10-16-46-42)54-38-21-31(32(24-48)20-36(38)52)19-35(30)37(53-29(2)50)22-33(51)9-15-40/h20-21,28,30,33-35,37,44,46,48-49,51-52H,3-7,9-13,15-19,22-27H2,1-2H3,(H3,43,45,47)/t28-,30-,33-,34-,35-,37-,40+,42-/m0/s1. The second-order valence-electron chi connectivity index (χ2n) is 17.2. The minimum Gasteiger partial charge on any atom is -0.504 e. The molecule has 0 unspecified atom stereocenters. The van der Waals surface area contributed by atoms with Crippen LogP contribution in [-0.2, 0) is 22.6 Å².